The van der Waals surface area contributed by atoms with Crippen LogP contribution in [0.4, 0.5) is 0 Å². The highest BCUT2D eigenvalue weighted by Crippen LogP contribution is 2.20. The van der Waals surface area contributed by atoms with Crippen molar-refractivity contribution in [1.82, 2.24) is 9.97 Å². The third-order valence-corrected chi connectivity index (χ3v) is 3.21. The van der Waals surface area contributed by atoms with Gasteiger partial charge in [-0.15, -0.1) is 0 Å². The zero-order valence-corrected chi connectivity index (χ0v) is 11.8. The summed E-state index contributed by atoms with van der Waals surface area (Å²) in [6.45, 7) is 2.77. The maximum atomic E-state index is 12.1. The highest BCUT2D eigenvalue weighted by atomic mass is 16.5. The van der Waals surface area contributed by atoms with Gasteiger partial charge in [-0.3, -0.25) is 4.79 Å². The Morgan fingerprint density at radius 1 is 1.10 bits per heavy atom. The molecule has 4 heteroatoms. The Kier molecular flexibility index (Phi) is 3.69. The summed E-state index contributed by atoms with van der Waals surface area (Å²) in [6.07, 6.45) is 0.974. The second-order valence-electron chi connectivity index (χ2n) is 4.80. The first kappa shape index (κ1) is 13.4. The molecule has 0 aliphatic heterocycles. The van der Waals surface area contributed by atoms with Crippen LogP contribution in [0.1, 0.15) is 13.3 Å². The van der Waals surface area contributed by atoms with Gasteiger partial charge in [0.1, 0.15) is 11.6 Å². The molecule has 0 aliphatic rings. The lowest BCUT2D eigenvalue weighted by Gasteiger charge is -2.06. The molecule has 0 spiro atoms. The summed E-state index contributed by atoms with van der Waals surface area (Å²) in [6, 6.07) is 14.9. The molecule has 106 valence electrons. The molecule has 0 saturated carbocycles. The molecular weight excluding hydrogens is 264 g/mol. The van der Waals surface area contributed by atoms with E-state index >= 15 is 0 Å². The quantitative estimate of drug-likeness (QED) is 0.797. The number of benzene rings is 2. The van der Waals surface area contributed by atoms with Crippen molar-refractivity contribution in [3.05, 3.63) is 58.9 Å². The molecule has 0 aliphatic carbocycles. The lowest BCUT2D eigenvalue weighted by molar-refractivity contribution is 0.317. The van der Waals surface area contributed by atoms with Gasteiger partial charge in [0.05, 0.1) is 17.5 Å². The van der Waals surface area contributed by atoms with Crippen LogP contribution in [0.3, 0.4) is 0 Å². The number of rotatable bonds is 4. The first-order chi connectivity index (χ1) is 10.3. The number of aromatic amines is 1. The number of fused-ring (bicyclic) bond motifs is 1. The van der Waals surface area contributed by atoms with Crippen molar-refractivity contribution in [1.29, 1.82) is 0 Å². The first-order valence-corrected chi connectivity index (χ1v) is 7.00. The Morgan fingerprint density at radius 3 is 2.62 bits per heavy atom. The van der Waals surface area contributed by atoms with Crippen molar-refractivity contribution in [3.63, 3.8) is 0 Å². The van der Waals surface area contributed by atoms with Gasteiger partial charge in [-0.2, -0.15) is 0 Å². The van der Waals surface area contributed by atoms with E-state index in [2.05, 4.69) is 16.9 Å². The second-order valence-corrected chi connectivity index (χ2v) is 4.80. The average Bonchev–Trinajstić information content (AvgIpc) is 2.53. The average molecular weight is 280 g/mol. The van der Waals surface area contributed by atoms with Crippen LogP contribution in [-0.2, 0) is 0 Å². The largest absolute Gasteiger partial charge is 0.494 e. The fourth-order valence-corrected chi connectivity index (χ4v) is 2.15. The molecule has 0 radical (unpaired) electrons. The van der Waals surface area contributed by atoms with Crippen LogP contribution in [0, 0.1) is 0 Å². The van der Waals surface area contributed by atoms with E-state index in [1.807, 2.05) is 42.5 Å². The Morgan fingerprint density at radius 2 is 1.86 bits per heavy atom. The summed E-state index contributed by atoms with van der Waals surface area (Å²) < 4.78 is 5.55. The van der Waals surface area contributed by atoms with Crippen LogP contribution >= 0.6 is 0 Å². The summed E-state index contributed by atoms with van der Waals surface area (Å²) in [5.74, 6) is 1.39. The molecule has 0 saturated heterocycles. The number of aromatic nitrogens is 2. The molecule has 0 amide bonds. The molecule has 1 N–H and O–H groups in total. The van der Waals surface area contributed by atoms with Crippen molar-refractivity contribution < 1.29 is 4.74 Å². The van der Waals surface area contributed by atoms with E-state index in [9.17, 15) is 4.79 Å². The summed E-state index contributed by atoms with van der Waals surface area (Å²) in [5, 5.41) is 0.601. The predicted octanol–water partition coefficient (Wildman–Crippen LogP) is 3.38. The maximum absolute atomic E-state index is 12.1. The number of para-hydroxylation sites is 1. The smallest absolute Gasteiger partial charge is 0.259 e. The molecule has 0 unspecified atom stereocenters. The van der Waals surface area contributed by atoms with Gasteiger partial charge < -0.3 is 9.72 Å². The molecule has 0 bridgehead atoms. The maximum Gasteiger partial charge on any atom is 0.259 e. The molecule has 4 nitrogen and oxygen atoms in total. The van der Waals surface area contributed by atoms with Gasteiger partial charge in [0.15, 0.2) is 0 Å². The molecule has 3 aromatic rings. The third-order valence-electron chi connectivity index (χ3n) is 3.21. The lowest BCUT2D eigenvalue weighted by atomic mass is 10.2. The highest BCUT2D eigenvalue weighted by molar-refractivity contribution is 5.79. The Balaban J connectivity index is 1.98. The molecular formula is C17H16N2O2. The summed E-state index contributed by atoms with van der Waals surface area (Å²) in [5.41, 5.74) is 1.44. The minimum Gasteiger partial charge on any atom is -0.494 e. The number of H-pyrrole nitrogens is 1. The Labute approximate surface area is 122 Å². The van der Waals surface area contributed by atoms with E-state index in [0.29, 0.717) is 23.3 Å². The van der Waals surface area contributed by atoms with Gasteiger partial charge in [0.25, 0.3) is 5.56 Å². The summed E-state index contributed by atoms with van der Waals surface area (Å²) in [4.78, 5) is 19.4. The zero-order chi connectivity index (χ0) is 14.7. The van der Waals surface area contributed by atoms with E-state index in [4.69, 9.17) is 4.74 Å². The van der Waals surface area contributed by atoms with Crippen LogP contribution in [-0.4, -0.2) is 16.6 Å². The van der Waals surface area contributed by atoms with Crippen LogP contribution in [0.15, 0.2) is 53.3 Å². The standard InChI is InChI=1S/C17H16N2O2/c1-2-11-21-13-9-7-12(8-10-13)16-18-15-6-4-3-5-14(15)17(20)19-16/h3-10H,2,11H2,1H3,(H,18,19,20). The van der Waals surface area contributed by atoms with Crippen molar-refractivity contribution in [2.45, 2.75) is 13.3 Å². The zero-order valence-electron chi connectivity index (χ0n) is 11.8. The molecule has 1 heterocycles. The van der Waals surface area contributed by atoms with Gasteiger partial charge >= 0.3 is 0 Å². The van der Waals surface area contributed by atoms with E-state index in [1.54, 1.807) is 6.07 Å². The van der Waals surface area contributed by atoms with Gasteiger partial charge in [-0.05, 0) is 42.8 Å². The normalized spacial score (nSPS) is 10.7. The van der Waals surface area contributed by atoms with Gasteiger partial charge in [-0.1, -0.05) is 19.1 Å². The fourth-order valence-electron chi connectivity index (χ4n) is 2.15. The number of ether oxygens (including phenoxy) is 1. The fraction of sp³-hybridized carbons (Fsp3) is 0.176. The van der Waals surface area contributed by atoms with Crippen LogP contribution in [0.2, 0.25) is 0 Å². The molecule has 0 atom stereocenters. The lowest BCUT2D eigenvalue weighted by Crippen LogP contribution is -2.09. The molecule has 2 aromatic carbocycles. The number of hydrogen-bond acceptors (Lipinski definition) is 3. The van der Waals surface area contributed by atoms with Crippen LogP contribution < -0.4 is 10.3 Å². The first-order valence-electron chi connectivity index (χ1n) is 7.00. The van der Waals surface area contributed by atoms with Crippen molar-refractivity contribution in [2.24, 2.45) is 0 Å². The molecule has 0 fully saturated rings. The van der Waals surface area contributed by atoms with Crippen molar-refractivity contribution in [3.8, 4) is 17.1 Å². The van der Waals surface area contributed by atoms with Gasteiger partial charge in [0, 0.05) is 5.56 Å². The molecule has 1 aromatic heterocycles. The molecule has 21 heavy (non-hydrogen) atoms. The van der Waals surface area contributed by atoms with Gasteiger partial charge in [0.2, 0.25) is 0 Å². The minimum absolute atomic E-state index is 0.123. The molecule has 3 rings (SSSR count). The number of nitrogens with zero attached hydrogens (tertiary/aromatic N) is 1. The van der Waals surface area contributed by atoms with E-state index in [1.165, 1.54) is 0 Å². The van der Waals surface area contributed by atoms with Gasteiger partial charge in [-0.25, -0.2) is 4.98 Å². The SMILES string of the molecule is CCCOc1ccc(-c2nc3ccccc3c(=O)[nH]2)cc1. The number of nitrogens with one attached hydrogen (secondary N) is 1. The summed E-state index contributed by atoms with van der Waals surface area (Å²) >= 11 is 0. The van der Waals surface area contributed by atoms with Crippen molar-refractivity contribution >= 4 is 10.9 Å². The number of hydrogen-bond donors (Lipinski definition) is 1. The predicted molar refractivity (Wildman–Crippen MR) is 83.6 cm³/mol. The third kappa shape index (κ3) is 2.79. The van der Waals surface area contributed by atoms with Crippen LogP contribution in [0.5, 0.6) is 5.75 Å². The topological polar surface area (TPSA) is 55.0 Å². The van der Waals surface area contributed by atoms with E-state index < -0.39 is 0 Å². The monoisotopic (exact) mass is 280 g/mol. The van der Waals surface area contributed by atoms with Crippen molar-refractivity contribution in [2.75, 3.05) is 6.61 Å². The second kappa shape index (κ2) is 5.79. The highest BCUT2D eigenvalue weighted by Gasteiger charge is 2.05. The Bertz CT molecular complexity index is 807. The Hall–Kier alpha value is -2.62. The summed E-state index contributed by atoms with van der Waals surface area (Å²) in [7, 11) is 0. The van der Waals surface area contributed by atoms with E-state index in [0.717, 1.165) is 17.7 Å². The minimum atomic E-state index is -0.123. The van der Waals surface area contributed by atoms with E-state index in [-0.39, 0.29) is 5.56 Å². The van der Waals surface area contributed by atoms with Crippen LogP contribution in [0.25, 0.3) is 22.3 Å².